The minimum absolute atomic E-state index is 0.0411. The first kappa shape index (κ1) is 17.4. The monoisotopic (exact) mass is 338 g/mol. The van der Waals surface area contributed by atoms with Crippen molar-refractivity contribution in [1.82, 2.24) is 0 Å². The van der Waals surface area contributed by atoms with E-state index in [1.807, 2.05) is 23.5 Å². The molecule has 0 aromatic heterocycles. The molecule has 92 valence electrons. The summed E-state index contributed by atoms with van der Waals surface area (Å²) < 4.78 is 0.0411. The molecule has 7 heteroatoms. The molecular weight excluding hydrogens is 321 g/mol. The van der Waals surface area contributed by atoms with Crippen molar-refractivity contribution in [2.24, 2.45) is 0 Å². The number of hydrogen-bond acceptors (Lipinski definition) is 7. The van der Waals surface area contributed by atoms with Crippen LogP contribution in [-0.2, 0) is 0 Å². The van der Waals surface area contributed by atoms with Crippen LogP contribution in [0.5, 0.6) is 0 Å². The lowest BCUT2D eigenvalue weighted by Gasteiger charge is -2.35. The lowest BCUT2D eigenvalue weighted by molar-refractivity contribution is 0.898. The van der Waals surface area contributed by atoms with Crippen molar-refractivity contribution in [3.63, 3.8) is 0 Å². The van der Waals surface area contributed by atoms with Gasteiger partial charge in [-0.05, 0) is 11.5 Å². The highest BCUT2D eigenvalue weighted by atomic mass is 32.2. The Kier molecular flexibility index (Phi) is 12.1. The third kappa shape index (κ3) is 6.25. The van der Waals surface area contributed by atoms with Crippen molar-refractivity contribution in [2.75, 3.05) is 34.5 Å². The first-order valence-corrected chi connectivity index (χ1v) is 9.58. The average molecular weight is 339 g/mol. The predicted molar refractivity (Wildman–Crippen MR) is 95.8 cm³/mol. The molecule has 0 spiro atoms. The van der Waals surface area contributed by atoms with Gasteiger partial charge in [0.25, 0.3) is 0 Å². The quantitative estimate of drug-likeness (QED) is 0.324. The van der Waals surface area contributed by atoms with Gasteiger partial charge in [-0.2, -0.15) is 63.1 Å². The molecule has 0 amide bonds. The van der Waals surface area contributed by atoms with Gasteiger partial charge in [0.05, 0.1) is 4.08 Å². The van der Waals surface area contributed by atoms with Gasteiger partial charge < -0.3 is 0 Å². The summed E-state index contributed by atoms with van der Waals surface area (Å²) in [6, 6.07) is 0. The van der Waals surface area contributed by atoms with E-state index in [1.54, 1.807) is 0 Å². The number of thiol groups is 5. The van der Waals surface area contributed by atoms with Crippen LogP contribution in [-0.4, -0.2) is 43.8 Å². The molecule has 0 rings (SSSR count). The van der Waals surface area contributed by atoms with Crippen molar-refractivity contribution in [1.29, 1.82) is 0 Å². The zero-order chi connectivity index (χ0) is 11.7. The van der Waals surface area contributed by atoms with Crippen LogP contribution in [0.1, 0.15) is 0 Å². The van der Waals surface area contributed by atoms with E-state index < -0.39 is 0 Å². The molecule has 0 N–H and O–H groups in total. The second-order valence-electron chi connectivity index (χ2n) is 2.81. The topological polar surface area (TPSA) is 0 Å². The number of hydrogen-bond donors (Lipinski definition) is 5. The number of rotatable bonds is 9. The maximum atomic E-state index is 4.62. The van der Waals surface area contributed by atoms with Gasteiger partial charge in [-0.25, -0.2) is 0 Å². The van der Waals surface area contributed by atoms with Crippen LogP contribution in [0, 0.1) is 0 Å². The number of thioether (sulfide) groups is 2. The Labute approximate surface area is 129 Å². The molecule has 0 saturated carbocycles. The second kappa shape index (κ2) is 10.4. The molecule has 15 heavy (non-hydrogen) atoms. The van der Waals surface area contributed by atoms with Gasteiger partial charge in [-0.1, -0.05) is 0 Å². The van der Waals surface area contributed by atoms with Gasteiger partial charge in [0.1, 0.15) is 0 Å². The van der Waals surface area contributed by atoms with E-state index in [9.17, 15) is 0 Å². The molecule has 0 saturated heterocycles. The van der Waals surface area contributed by atoms with Gasteiger partial charge in [0.15, 0.2) is 0 Å². The Hall–Kier alpha value is 2.45. The zero-order valence-corrected chi connectivity index (χ0v) is 14.5. The molecule has 1 atom stereocenters. The normalized spacial score (nSPS) is 14.2. The summed E-state index contributed by atoms with van der Waals surface area (Å²) in [6.45, 7) is 0. The lowest BCUT2D eigenvalue weighted by Crippen LogP contribution is -2.36. The van der Waals surface area contributed by atoms with Crippen LogP contribution in [0.2, 0.25) is 0 Å². The van der Waals surface area contributed by atoms with Gasteiger partial charge in [-0.3, -0.25) is 0 Å². The van der Waals surface area contributed by atoms with Crippen molar-refractivity contribution >= 4 is 86.7 Å². The van der Waals surface area contributed by atoms with Crippen molar-refractivity contribution in [3.05, 3.63) is 0 Å². The van der Waals surface area contributed by atoms with E-state index >= 15 is 0 Å². The van der Waals surface area contributed by atoms with Crippen LogP contribution < -0.4 is 0 Å². The molecule has 0 bridgehead atoms. The minimum Gasteiger partial charge on any atom is -0.179 e. The standard InChI is InChI=1S/C8H18S7/c9-1-3-14-8(6-12,7(13)5-11)15-4-2-10/h7,9-13H,1-6H2. The molecule has 0 aliphatic rings. The highest BCUT2D eigenvalue weighted by Crippen LogP contribution is 2.44. The highest BCUT2D eigenvalue weighted by Gasteiger charge is 2.35. The van der Waals surface area contributed by atoms with Crippen molar-refractivity contribution < 1.29 is 0 Å². The van der Waals surface area contributed by atoms with E-state index in [2.05, 4.69) is 63.1 Å². The van der Waals surface area contributed by atoms with Crippen LogP contribution >= 0.6 is 86.7 Å². The summed E-state index contributed by atoms with van der Waals surface area (Å²) in [5.74, 6) is 5.38. The summed E-state index contributed by atoms with van der Waals surface area (Å²) in [5.41, 5.74) is 0. The summed E-state index contributed by atoms with van der Waals surface area (Å²) in [6.07, 6.45) is 0. The molecule has 0 aliphatic carbocycles. The van der Waals surface area contributed by atoms with Crippen LogP contribution in [0.15, 0.2) is 0 Å². The summed E-state index contributed by atoms with van der Waals surface area (Å²) >= 11 is 25.7. The zero-order valence-electron chi connectivity index (χ0n) is 8.37. The van der Waals surface area contributed by atoms with E-state index in [4.69, 9.17) is 0 Å². The highest BCUT2D eigenvalue weighted by molar-refractivity contribution is 8.20. The van der Waals surface area contributed by atoms with Gasteiger partial charge >= 0.3 is 0 Å². The Balaban J connectivity index is 4.43. The van der Waals surface area contributed by atoms with Crippen LogP contribution in [0.3, 0.4) is 0 Å². The fourth-order valence-corrected chi connectivity index (χ4v) is 6.00. The first-order chi connectivity index (χ1) is 7.16. The molecule has 0 fully saturated rings. The second-order valence-corrected chi connectivity index (χ2v) is 8.12. The SMILES string of the molecule is SCCSC(CS)(SCCS)C(S)CS. The largest absolute Gasteiger partial charge is 0.179 e. The molecule has 1 unspecified atom stereocenters. The molecule has 0 aromatic rings. The Morgan fingerprint density at radius 2 is 1.40 bits per heavy atom. The molecule has 0 aromatic carbocycles. The third-order valence-corrected chi connectivity index (χ3v) is 8.74. The minimum atomic E-state index is 0.0411. The first-order valence-electron chi connectivity index (χ1n) is 4.56. The smallest absolute Gasteiger partial charge is 0.0822 e. The predicted octanol–water partition coefficient (Wildman–Crippen LogP) is 3.17. The maximum absolute atomic E-state index is 4.62. The molecule has 0 nitrogen and oxygen atoms in total. The van der Waals surface area contributed by atoms with E-state index in [1.165, 1.54) is 0 Å². The van der Waals surface area contributed by atoms with Crippen LogP contribution in [0.4, 0.5) is 0 Å². The Bertz CT molecular complexity index is 144. The Morgan fingerprint density at radius 1 is 0.933 bits per heavy atom. The molecule has 0 aliphatic heterocycles. The molecule has 0 heterocycles. The van der Waals surface area contributed by atoms with Crippen LogP contribution in [0.25, 0.3) is 0 Å². The van der Waals surface area contributed by atoms with E-state index in [0.717, 1.165) is 34.5 Å². The Morgan fingerprint density at radius 3 is 1.67 bits per heavy atom. The summed E-state index contributed by atoms with van der Waals surface area (Å²) in [7, 11) is 0. The summed E-state index contributed by atoms with van der Waals surface area (Å²) in [4.78, 5) is 0. The fourth-order valence-electron chi connectivity index (χ4n) is 1.01. The van der Waals surface area contributed by atoms with Gasteiger partial charge in [0.2, 0.25) is 0 Å². The maximum Gasteiger partial charge on any atom is 0.0822 e. The van der Waals surface area contributed by atoms with Crippen molar-refractivity contribution in [2.45, 2.75) is 9.33 Å². The third-order valence-electron chi connectivity index (χ3n) is 1.78. The molecular formula is C8H18S7. The van der Waals surface area contributed by atoms with E-state index in [0.29, 0.717) is 0 Å². The van der Waals surface area contributed by atoms with Gasteiger partial charge in [-0.15, -0.1) is 23.5 Å². The summed E-state index contributed by atoms with van der Waals surface area (Å²) in [5, 5.41) is 0.244. The van der Waals surface area contributed by atoms with Gasteiger partial charge in [0, 0.05) is 28.3 Å². The average Bonchev–Trinajstić information content (AvgIpc) is 2.29. The van der Waals surface area contributed by atoms with E-state index in [-0.39, 0.29) is 9.33 Å². The molecule has 0 radical (unpaired) electrons. The lowest BCUT2D eigenvalue weighted by atomic mass is 10.3. The van der Waals surface area contributed by atoms with Crippen molar-refractivity contribution in [3.8, 4) is 0 Å². The fraction of sp³-hybridized carbons (Fsp3) is 1.00.